The molecule has 1 heterocycles. The van der Waals surface area contributed by atoms with Crippen LogP contribution < -0.4 is 4.74 Å². The minimum absolute atomic E-state index is 0.0967. The number of aromatic hydroxyl groups is 1. The van der Waals surface area contributed by atoms with Crippen LogP contribution in [0.2, 0.25) is 0 Å². The molecule has 1 atom stereocenters. The highest BCUT2D eigenvalue weighted by Crippen LogP contribution is 2.35. The third kappa shape index (κ3) is 2.78. The molecule has 0 radical (unpaired) electrons. The van der Waals surface area contributed by atoms with Crippen LogP contribution in [-0.4, -0.2) is 16.3 Å². The maximum atomic E-state index is 9.40. The van der Waals surface area contributed by atoms with Gasteiger partial charge in [0.05, 0.1) is 0 Å². The van der Waals surface area contributed by atoms with Crippen molar-refractivity contribution in [1.29, 1.82) is 0 Å². The minimum atomic E-state index is -0.0967. The fourth-order valence-electron chi connectivity index (χ4n) is 2.25. The number of ether oxygens (including phenoxy) is 1. The van der Waals surface area contributed by atoms with Crippen LogP contribution in [0.5, 0.6) is 11.5 Å². The van der Waals surface area contributed by atoms with Gasteiger partial charge >= 0.3 is 0 Å². The molecule has 104 valence electrons. The topological polar surface area (TPSA) is 29.5 Å². The molecule has 1 N–H and O–H groups in total. The van der Waals surface area contributed by atoms with Gasteiger partial charge in [-0.05, 0) is 35.4 Å². The van der Waals surface area contributed by atoms with Gasteiger partial charge < -0.3 is 9.84 Å². The van der Waals surface area contributed by atoms with Crippen LogP contribution in [0.1, 0.15) is 25.0 Å². The SMILES string of the molecule is CC(C)(c1ccc(O)cc1)c1ccc(OC2CS2)cc1. The van der Waals surface area contributed by atoms with Gasteiger partial charge in [0.15, 0.2) is 5.44 Å². The van der Waals surface area contributed by atoms with E-state index < -0.39 is 0 Å². The zero-order chi connectivity index (χ0) is 14.2. The lowest BCUT2D eigenvalue weighted by atomic mass is 9.78. The van der Waals surface area contributed by atoms with Crippen LogP contribution in [-0.2, 0) is 5.41 Å². The van der Waals surface area contributed by atoms with Crippen molar-refractivity contribution in [3.63, 3.8) is 0 Å². The summed E-state index contributed by atoms with van der Waals surface area (Å²) in [5.74, 6) is 2.33. The Morgan fingerprint density at radius 2 is 1.50 bits per heavy atom. The average Bonchev–Trinajstić information content (AvgIpc) is 3.24. The molecule has 2 aromatic rings. The number of hydrogen-bond acceptors (Lipinski definition) is 3. The van der Waals surface area contributed by atoms with Crippen LogP contribution in [0.15, 0.2) is 48.5 Å². The van der Waals surface area contributed by atoms with Crippen molar-refractivity contribution in [2.75, 3.05) is 5.75 Å². The lowest BCUT2D eigenvalue weighted by molar-refractivity contribution is 0.335. The summed E-state index contributed by atoms with van der Waals surface area (Å²) in [6.45, 7) is 4.37. The first-order chi connectivity index (χ1) is 9.55. The highest BCUT2D eigenvalue weighted by atomic mass is 32.2. The van der Waals surface area contributed by atoms with Crippen LogP contribution in [0.3, 0.4) is 0 Å². The second-order valence-electron chi connectivity index (χ2n) is 5.58. The Morgan fingerprint density at radius 1 is 1.00 bits per heavy atom. The molecule has 2 nitrogen and oxygen atoms in total. The third-order valence-electron chi connectivity index (χ3n) is 3.74. The minimum Gasteiger partial charge on any atom is -0.508 e. The van der Waals surface area contributed by atoms with E-state index in [1.54, 1.807) is 12.1 Å². The Bertz CT molecular complexity index is 583. The second kappa shape index (κ2) is 5.06. The van der Waals surface area contributed by atoms with E-state index in [4.69, 9.17) is 4.74 Å². The molecule has 1 unspecified atom stereocenters. The Morgan fingerprint density at radius 3 is 2.00 bits per heavy atom. The zero-order valence-corrected chi connectivity index (χ0v) is 12.5. The van der Waals surface area contributed by atoms with Crippen LogP contribution in [0, 0.1) is 0 Å². The summed E-state index contributed by atoms with van der Waals surface area (Å²) in [4.78, 5) is 0. The van der Waals surface area contributed by atoms with E-state index in [1.165, 1.54) is 11.1 Å². The number of phenolic OH excluding ortho intramolecular Hbond substituents is 1. The van der Waals surface area contributed by atoms with Gasteiger partial charge in [0.1, 0.15) is 11.5 Å². The summed E-state index contributed by atoms with van der Waals surface area (Å²) >= 11 is 1.83. The van der Waals surface area contributed by atoms with Crippen molar-refractivity contribution in [1.82, 2.24) is 0 Å². The van der Waals surface area contributed by atoms with Gasteiger partial charge in [-0.1, -0.05) is 38.1 Å². The predicted octanol–water partition coefficient (Wildman–Crippen LogP) is 4.17. The van der Waals surface area contributed by atoms with Crippen LogP contribution in [0.4, 0.5) is 0 Å². The summed E-state index contributed by atoms with van der Waals surface area (Å²) in [7, 11) is 0. The zero-order valence-electron chi connectivity index (χ0n) is 11.7. The van der Waals surface area contributed by atoms with E-state index in [2.05, 4.69) is 26.0 Å². The summed E-state index contributed by atoms with van der Waals surface area (Å²) in [5.41, 5.74) is 2.67. The lowest BCUT2D eigenvalue weighted by Crippen LogP contribution is -2.18. The maximum absolute atomic E-state index is 9.40. The molecule has 0 saturated carbocycles. The Kier molecular flexibility index (Phi) is 3.38. The molecular formula is C17H18O2S. The Hall–Kier alpha value is -1.61. The van der Waals surface area contributed by atoms with Crippen molar-refractivity contribution in [3.05, 3.63) is 59.7 Å². The number of phenols is 1. The Labute approximate surface area is 123 Å². The molecule has 0 spiro atoms. The molecule has 3 heteroatoms. The highest BCUT2D eigenvalue weighted by molar-refractivity contribution is 8.06. The quantitative estimate of drug-likeness (QED) is 0.855. The van der Waals surface area contributed by atoms with Gasteiger partial charge in [0, 0.05) is 11.2 Å². The van der Waals surface area contributed by atoms with Crippen molar-refractivity contribution in [3.8, 4) is 11.5 Å². The third-order valence-corrected chi connectivity index (χ3v) is 4.44. The predicted molar refractivity (Wildman–Crippen MR) is 83.6 cm³/mol. The second-order valence-corrected chi connectivity index (χ2v) is 6.77. The molecule has 0 bridgehead atoms. The molecule has 20 heavy (non-hydrogen) atoms. The summed E-state index contributed by atoms with van der Waals surface area (Å²) in [6.07, 6.45) is 0. The summed E-state index contributed by atoms with van der Waals surface area (Å²) < 4.78 is 5.74. The summed E-state index contributed by atoms with van der Waals surface area (Å²) in [5, 5.41) is 9.40. The first-order valence-corrected chi connectivity index (χ1v) is 7.79. The maximum Gasteiger partial charge on any atom is 0.153 e. The fraction of sp³-hybridized carbons (Fsp3) is 0.294. The van der Waals surface area contributed by atoms with Crippen LogP contribution >= 0.6 is 11.8 Å². The molecule has 2 aromatic carbocycles. The number of rotatable bonds is 4. The molecular weight excluding hydrogens is 268 g/mol. The smallest absolute Gasteiger partial charge is 0.153 e. The van der Waals surface area contributed by atoms with Crippen LogP contribution in [0.25, 0.3) is 0 Å². The molecule has 1 aliphatic rings. The van der Waals surface area contributed by atoms with E-state index in [9.17, 15) is 5.11 Å². The highest BCUT2D eigenvalue weighted by Gasteiger charge is 2.26. The molecule has 1 saturated heterocycles. The molecule has 0 amide bonds. The first-order valence-electron chi connectivity index (χ1n) is 6.74. The summed E-state index contributed by atoms with van der Waals surface area (Å²) in [6, 6.07) is 15.7. The van der Waals surface area contributed by atoms with Gasteiger partial charge in [-0.3, -0.25) is 0 Å². The van der Waals surface area contributed by atoms with Crippen molar-refractivity contribution < 1.29 is 9.84 Å². The normalized spacial score (nSPS) is 17.8. The largest absolute Gasteiger partial charge is 0.508 e. The molecule has 1 aliphatic heterocycles. The standard InChI is InChI=1S/C17H18O2S/c1-17(2,12-3-7-14(18)8-4-12)13-5-9-15(10-6-13)19-16-11-20-16/h3-10,16,18H,11H2,1-2H3. The van der Waals surface area contributed by atoms with E-state index in [0.717, 1.165) is 11.5 Å². The number of benzene rings is 2. The van der Waals surface area contributed by atoms with Crippen molar-refractivity contribution in [2.24, 2.45) is 0 Å². The molecule has 1 fully saturated rings. The first kappa shape index (κ1) is 13.4. The molecule has 3 rings (SSSR count). The van der Waals surface area contributed by atoms with Gasteiger partial charge in [-0.25, -0.2) is 0 Å². The molecule has 0 aliphatic carbocycles. The van der Waals surface area contributed by atoms with Crippen molar-refractivity contribution in [2.45, 2.75) is 24.7 Å². The molecule has 0 aromatic heterocycles. The van der Waals surface area contributed by atoms with E-state index >= 15 is 0 Å². The van der Waals surface area contributed by atoms with E-state index in [1.807, 2.05) is 36.0 Å². The van der Waals surface area contributed by atoms with E-state index in [-0.39, 0.29) is 5.41 Å². The number of thioether (sulfide) groups is 1. The van der Waals surface area contributed by atoms with Crippen molar-refractivity contribution >= 4 is 11.8 Å². The fourth-order valence-corrected chi connectivity index (χ4v) is 2.58. The van der Waals surface area contributed by atoms with Gasteiger partial charge in [0.2, 0.25) is 0 Å². The van der Waals surface area contributed by atoms with Gasteiger partial charge in [-0.15, -0.1) is 11.8 Å². The Balaban J connectivity index is 1.83. The number of hydrogen-bond donors (Lipinski definition) is 1. The van der Waals surface area contributed by atoms with Gasteiger partial charge in [0.25, 0.3) is 0 Å². The van der Waals surface area contributed by atoms with E-state index in [0.29, 0.717) is 11.2 Å². The lowest BCUT2D eigenvalue weighted by Gasteiger charge is -2.26. The average molecular weight is 286 g/mol. The monoisotopic (exact) mass is 286 g/mol. The van der Waals surface area contributed by atoms with Gasteiger partial charge in [-0.2, -0.15) is 0 Å².